The normalized spacial score (nSPS) is 37.4. The van der Waals surface area contributed by atoms with Gasteiger partial charge in [-0.15, -0.1) is 5.10 Å². The van der Waals surface area contributed by atoms with Crippen molar-refractivity contribution in [3.05, 3.63) is 28.6 Å². The van der Waals surface area contributed by atoms with Crippen LogP contribution in [0.2, 0.25) is 0 Å². The minimum absolute atomic E-state index is 0.124. The number of nitrogens with two attached hydrogens (primary N) is 1. The third-order valence-corrected chi connectivity index (χ3v) is 11.4. The number of rotatable bonds is 14. The molecule has 3 saturated heterocycles. The van der Waals surface area contributed by atoms with Gasteiger partial charge in [-0.2, -0.15) is 9.29 Å². The summed E-state index contributed by atoms with van der Waals surface area (Å²) < 4.78 is 62.5. The number of H-pyrrole nitrogens is 1. The van der Waals surface area contributed by atoms with Crippen LogP contribution >= 0.6 is 15.6 Å². The van der Waals surface area contributed by atoms with Crippen molar-refractivity contribution >= 4 is 32.8 Å². The van der Waals surface area contributed by atoms with E-state index in [1.165, 1.54) is 0 Å². The fourth-order valence-electron chi connectivity index (χ4n) is 6.01. The highest BCUT2D eigenvalue weighted by Gasteiger charge is 2.51. The minimum atomic E-state index is -5.47. The summed E-state index contributed by atoms with van der Waals surface area (Å²) in [5, 5.41) is 99.7. The van der Waals surface area contributed by atoms with Crippen LogP contribution in [0, 0.1) is 0 Å². The van der Waals surface area contributed by atoms with Crippen molar-refractivity contribution in [2.24, 2.45) is 0 Å². The van der Waals surface area contributed by atoms with Gasteiger partial charge in [-0.3, -0.25) is 23.4 Å². The molecule has 2 unspecified atom stereocenters. The molecule has 314 valence electrons. The predicted octanol–water partition coefficient (Wildman–Crippen LogP) is -6.84. The number of aliphatic hydroxyl groups is 9. The molecule has 0 aromatic carbocycles. The topological polar surface area (TPSA) is 442 Å². The number of anilines is 1. The number of fused-ring (bicyclic) bond motifs is 1. The Hall–Kier alpha value is -2.97. The van der Waals surface area contributed by atoms with Gasteiger partial charge in [0, 0.05) is 0 Å². The zero-order valence-electron chi connectivity index (χ0n) is 28.2. The second-order valence-electron chi connectivity index (χ2n) is 12.6. The number of aliphatic hydroxyl groups excluding tert-OH is 9. The number of hydrogen-bond donors (Lipinski definition) is 13. The van der Waals surface area contributed by atoms with Gasteiger partial charge in [-0.25, -0.2) is 18.8 Å². The van der Waals surface area contributed by atoms with Crippen molar-refractivity contribution in [2.45, 2.75) is 92.5 Å². The Kier molecular flexibility index (Phi) is 12.7. The monoisotopic (exact) mass is 848 g/mol. The molecule has 56 heavy (non-hydrogen) atoms. The van der Waals surface area contributed by atoms with E-state index in [1.807, 2.05) is 0 Å². The Labute approximate surface area is 311 Å². The van der Waals surface area contributed by atoms with Gasteiger partial charge in [0.15, 0.2) is 29.9 Å². The number of nitrogen functional groups attached to an aromatic ring is 1. The average Bonchev–Trinajstić information content (AvgIpc) is 3.86. The first-order chi connectivity index (χ1) is 26.3. The Morgan fingerprint density at radius 2 is 1.46 bits per heavy atom. The van der Waals surface area contributed by atoms with Gasteiger partial charge in [0.2, 0.25) is 5.95 Å². The number of hydrogen-bond acceptors (Lipinski definition) is 24. The SMILES string of the molecule is Nc1nc2c(ncn2[C@@H]2O[C@H](COP(=O)(O)OP(=O)(O)OCc3cn([C@@H]4O[C@H](CO)[C@@H](O[C@@H]5O[C@H](CO)[C@H](O)[C@H](O)[C@H]5O)[C@H](O)[C@H]4O)nn3)[C@@H](O)[C@H]2O)c(=O)[nH]1. The quantitative estimate of drug-likeness (QED) is 0.0670. The summed E-state index contributed by atoms with van der Waals surface area (Å²) in [4.78, 5) is 42.3. The van der Waals surface area contributed by atoms with Crippen molar-refractivity contribution in [3.8, 4) is 0 Å². The van der Waals surface area contributed by atoms with E-state index >= 15 is 0 Å². The van der Waals surface area contributed by atoms with Gasteiger partial charge in [-0.05, 0) is 0 Å². The molecule has 0 amide bonds. The lowest BCUT2D eigenvalue weighted by Gasteiger charge is -2.45. The largest absolute Gasteiger partial charge is 0.481 e. The van der Waals surface area contributed by atoms with Crippen LogP contribution in [-0.4, -0.2) is 184 Å². The zero-order chi connectivity index (χ0) is 40.9. The molecule has 0 bridgehead atoms. The molecule has 0 aliphatic carbocycles. The lowest BCUT2D eigenvalue weighted by molar-refractivity contribution is -0.347. The second-order valence-corrected chi connectivity index (χ2v) is 15.7. The number of aromatic nitrogens is 7. The molecule has 16 atom stereocenters. The van der Waals surface area contributed by atoms with E-state index in [0.29, 0.717) is 0 Å². The summed E-state index contributed by atoms with van der Waals surface area (Å²) in [6, 6.07) is 0. The summed E-state index contributed by atoms with van der Waals surface area (Å²) >= 11 is 0. The third-order valence-electron chi connectivity index (χ3n) is 8.84. The molecule has 0 radical (unpaired) electrons. The van der Waals surface area contributed by atoms with Gasteiger partial charge in [0.05, 0.1) is 32.3 Å². The molecule has 6 heterocycles. The first kappa shape index (κ1) is 42.6. The zero-order valence-corrected chi connectivity index (χ0v) is 30.0. The van der Waals surface area contributed by atoms with Crippen molar-refractivity contribution in [2.75, 3.05) is 25.6 Å². The summed E-state index contributed by atoms with van der Waals surface area (Å²) in [5.74, 6) is -0.289. The Bertz CT molecular complexity index is 1980. The number of nitrogens with one attached hydrogen (secondary N) is 1. The van der Waals surface area contributed by atoms with Crippen molar-refractivity contribution in [1.82, 2.24) is 34.5 Å². The van der Waals surface area contributed by atoms with E-state index in [0.717, 1.165) is 21.8 Å². The maximum absolute atomic E-state index is 12.5. The van der Waals surface area contributed by atoms with Crippen LogP contribution in [0.4, 0.5) is 5.95 Å². The van der Waals surface area contributed by atoms with Gasteiger partial charge in [-0.1, -0.05) is 5.21 Å². The van der Waals surface area contributed by atoms with Crippen LogP contribution < -0.4 is 11.3 Å². The highest BCUT2D eigenvalue weighted by molar-refractivity contribution is 7.61. The molecule has 3 aliphatic rings. The molecule has 0 spiro atoms. The summed E-state index contributed by atoms with van der Waals surface area (Å²) in [5.41, 5.74) is 4.29. The number of phosphoric ester groups is 2. The summed E-state index contributed by atoms with van der Waals surface area (Å²) in [6.45, 7) is -3.55. The smallest absolute Gasteiger partial charge is 0.394 e. The highest BCUT2D eigenvalue weighted by Crippen LogP contribution is 2.61. The maximum atomic E-state index is 12.5. The minimum Gasteiger partial charge on any atom is -0.394 e. The Balaban J connectivity index is 1.02. The second kappa shape index (κ2) is 16.7. The van der Waals surface area contributed by atoms with E-state index in [4.69, 9.17) is 33.7 Å². The summed E-state index contributed by atoms with van der Waals surface area (Å²) in [6.07, 6.45) is -21.5. The number of aromatic amines is 1. The number of ether oxygens (including phenoxy) is 4. The molecule has 31 heteroatoms. The number of nitrogens with zero attached hydrogens (tertiary/aromatic N) is 6. The Morgan fingerprint density at radius 1 is 0.821 bits per heavy atom. The van der Waals surface area contributed by atoms with E-state index in [9.17, 15) is 69.7 Å². The van der Waals surface area contributed by atoms with Crippen LogP contribution in [0.25, 0.3) is 11.2 Å². The van der Waals surface area contributed by atoms with E-state index in [2.05, 4.69) is 29.6 Å². The van der Waals surface area contributed by atoms with E-state index in [-0.39, 0.29) is 22.8 Å². The van der Waals surface area contributed by atoms with Crippen molar-refractivity contribution in [1.29, 1.82) is 0 Å². The first-order valence-corrected chi connectivity index (χ1v) is 19.2. The van der Waals surface area contributed by atoms with Gasteiger partial charge in [0.1, 0.15) is 79.4 Å². The molecule has 3 fully saturated rings. The molecule has 3 aromatic heterocycles. The standard InChI is InChI=1S/C25H38N8O21P2/c26-25-28-20-11(21(43)29-25)27-6-32(20)22-16(40)13(37)10(51-22)5-49-56(46,47)54-55(44,45)48-4-7-1-33(31-30-7)23-17(41)15(39)19(9(3-35)50-23)53-24-18(42)14(38)12(36)8(2-34)52-24/h1,6,8-10,12-19,22-24,34-42H,2-5H2,(H,44,45)(H,46,47)(H3,26,28,29,43)/t8-,9-,10-,12+,13-,14+,15-,16-,17-,18-,19-,22-,23-,24+/m1/s1. The molecule has 3 aliphatic heterocycles. The predicted molar refractivity (Wildman–Crippen MR) is 172 cm³/mol. The molecule has 0 saturated carbocycles. The van der Waals surface area contributed by atoms with Crippen molar-refractivity contribution < 1.29 is 97.2 Å². The van der Waals surface area contributed by atoms with Crippen molar-refractivity contribution in [3.63, 3.8) is 0 Å². The average molecular weight is 849 g/mol. The van der Waals surface area contributed by atoms with Crippen LogP contribution in [0.15, 0.2) is 17.3 Å². The Morgan fingerprint density at radius 3 is 2.16 bits per heavy atom. The first-order valence-electron chi connectivity index (χ1n) is 16.2. The highest BCUT2D eigenvalue weighted by atomic mass is 31.3. The molecular weight excluding hydrogens is 810 g/mol. The maximum Gasteiger partial charge on any atom is 0.481 e. The number of phosphoric acid groups is 2. The van der Waals surface area contributed by atoms with Gasteiger partial charge in [0.25, 0.3) is 5.56 Å². The lowest BCUT2D eigenvalue weighted by Crippen LogP contribution is -2.63. The fraction of sp³-hybridized carbons (Fsp3) is 0.720. The number of imidazole rings is 1. The molecule has 29 nitrogen and oxygen atoms in total. The van der Waals surface area contributed by atoms with Crippen LogP contribution in [-0.2, 0) is 48.0 Å². The van der Waals surface area contributed by atoms with Crippen LogP contribution in [0.3, 0.4) is 0 Å². The lowest BCUT2D eigenvalue weighted by atomic mass is 9.96. The van der Waals surface area contributed by atoms with Crippen LogP contribution in [0.1, 0.15) is 18.1 Å². The fourth-order valence-corrected chi connectivity index (χ4v) is 8.06. The summed E-state index contributed by atoms with van der Waals surface area (Å²) in [7, 11) is -10.9. The molecule has 6 rings (SSSR count). The van der Waals surface area contributed by atoms with E-state index < -0.39 is 134 Å². The van der Waals surface area contributed by atoms with Gasteiger partial charge >= 0.3 is 15.6 Å². The molecule has 14 N–H and O–H groups in total. The molecular formula is C25H38N8O21P2. The van der Waals surface area contributed by atoms with Crippen LogP contribution in [0.5, 0.6) is 0 Å². The molecule has 3 aromatic rings. The third kappa shape index (κ3) is 8.72. The van der Waals surface area contributed by atoms with E-state index in [1.54, 1.807) is 0 Å². The van der Waals surface area contributed by atoms with Gasteiger partial charge < -0.3 is 80.4 Å².